The van der Waals surface area contributed by atoms with E-state index in [1.807, 2.05) is 54.3 Å². The Morgan fingerprint density at radius 3 is 2.09 bits per heavy atom. The van der Waals surface area contributed by atoms with Crippen LogP contribution in [-0.4, -0.2) is 151 Å². The molecule has 1 saturated heterocycles. The number of nitrogens with one attached hydrogen (secondary N) is 1. The second-order valence-corrected chi connectivity index (χ2v) is 17.2. The molecule has 3 unspecified atom stereocenters. The zero-order valence-electron chi connectivity index (χ0n) is 38.9. The quantitative estimate of drug-likeness (QED) is 0.0305. The van der Waals surface area contributed by atoms with Gasteiger partial charge in [0.15, 0.2) is 11.6 Å². The first kappa shape index (κ1) is 54.1. The number of piperidine rings is 1. The number of aryl methyl sites for hydroxylation is 2. The molecular formula is C47H60ClF2N5O15. The van der Waals surface area contributed by atoms with Gasteiger partial charge in [0.2, 0.25) is 0 Å². The van der Waals surface area contributed by atoms with Crippen molar-refractivity contribution in [2.45, 2.75) is 76.5 Å². The van der Waals surface area contributed by atoms with Gasteiger partial charge in [-0.2, -0.15) is 0 Å². The third kappa shape index (κ3) is 15.6. The molecule has 0 spiro atoms. The van der Waals surface area contributed by atoms with Gasteiger partial charge < -0.3 is 38.6 Å². The number of methoxy groups -OCH3 is 1. The van der Waals surface area contributed by atoms with Gasteiger partial charge in [-0.05, 0) is 104 Å². The van der Waals surface area contributed by atoms with Gasteiger partial charge in [0, 0.05) is 30.7 Å². The van der Waals surface area contributed by atoms with Crippen LogP contribution in [0.3, 0.4) is 0 Å². The summed E-state index contributed by atoms with van der Waals surface area (Å²) in [6.07, 6.45) is 2.25. The number of ether oxygens (including phenoxy) is 6. The molecule has 3 aliphatic rings. The molecule has 2 fully saturated rings. The van der Waals surface area contributed by atoms with Crippen LogP contribution in [0, 0.1) is 24.5 Å². The maximum Gasteiger partial charge on any atom is 0.410 e. The number of halogens is 3. The molecule has 3 amide bonds. The maximum absolute atomic E-state index is 15.5. The Bertz CT molecular complexity index is 2240. The molecule has 1 aliphatic carbocycles. The summed E-state index contributed by atoms with van der Waals surface area (Å²) < 4.78 is 61.0. The number of alkyl carbamates (subject to hydrolysis) is 1. The first-order valence-electron chi connectivity index (χ1n) is 22.9. The number of carbonyl (C=O) groups excluding carboxylic acids is 3. The smallest absolute Gasteiger partial charge is 0.410 e. The van der Waals surface area contributed by atoms with E-state index in [2.05, 4.69) is 15.0 Å². The fourth-order valence-electron chi connectivity index (χ4n) is 8.65. The van der Waals surface area contributed by atoms with Crippen molar-refractivity contribution in [2.75, 3.05) is 73.1 Å². The van der Waals surface area contributed by atoms with Crippen LogP contribution in [0.2, 0.25) is 5.02 Å². The van der Waals surface area contributed by atoms with Gasteiger partial charge in [0.05, 0.1) is 70.2 Å². The molecule has 2 bridgehead atoms. The fourth-order valence-corrected chi connectivity index (χ4v) is 8.86. The zero-order chi connectivity index (χ0) is 50.2. The average molecular weight is 1010 g/mol. The van der Waals surface area contributed by atoms with Gasteiger partial charge in [0.25, 0.3) is 5.91 Å². The first-order valence-corrected chi connectivity index (χ1v) is 23.3. The summed E-state index contributed by atoms with van der Waals surface area (Å²) in [7, 11) is 1.60. The zero-order valence-corrected chi connectivity index (χ0v) is 39.7. The number of nitrogens with zero attached hydrogens (tertiary/aromatic N) is 4. The Balaban J connectivity index is 1.25. The van der Waals surface area contributed by atoms with Crippen molar-refractivity contribution >= 4 is 35.3 Å². The molecule has 3 aromatic carbocycles. The molecule has 20 nitrogen and oxygen atoms in total. The van der Waals surface area contributed by atoms with Crippen LogP contribution < -0.4 is 14.8 Å². The standard InChI is InChI=1S/C47H60ClF2N5O15/c1-30-24-32(7-14-41(30)63-2)29-52(35-10-11-35)45(56)42-37(34-8-5-31(6-9-34)4-3-15-66-44-39(50)13-12-38(49)43(44)48)27-36-25-33(28-51-46(57)67-20-16-64-18-22-69-54(59)60)26-40(42)53(36)47(58)68-21-17-65-19-23-70-55(61)62/h5-9,12-14,24,33,35-36,40,59-62H,3-4,10-11,15-23,25-29H2,1-2H3,(H,51,57). The Morgan fingerprint density at radius 2 is 1.44 bits per heavy atom. The summed E-state index contributed by atoms with van der Waals surface area (Å²) >= 11 is 5.94. The van der Waals surface area contributed by atoms with Crippen molar-refractivity contribution in [3.05, 3.63) is 99.1 Å². The van der Waals surface area contributed by atoms with E-state index in [1.54, 1.807) is 12.0 Å². The molecule has 384 valence electrons. The summed E-state index contributed by atoms with van der Waals surface area (Å²) in [6.45, 7) is 1.92. The highest BCUT2D eigenvalue weighted by molar-refractivity contribution is 6.32. The van der Waals surface area contributed by atoms with Crippen molar-refractivity contribution < 1.29 is 82.1 Å². The van der Waals surface area contributed by atoms with E-state index >= 15 is 4.79 Å². The van der Waals surface area contributed by atoms with Crippen molar-refractivity contribution in [2.24, 2.45) is 5.92 Å². The highest BCUT2D eigenvalue weighted by Gasteiger charge is 2.49. The monoisotopic (exact) mass is 1010 g/mol. The third-order valence-corrected chi connectivity index (χ3v) is 12.3. The predicted molar refractivity (Wildman–Crippen MR) is 242 cm³/mol. The summed E-state index contributed by atoms with van der Waals surface area (Å²) in [5.41, 5.74) is 4.75. The number of rotatable bonds is 27. The van der Waals surface area contributed by atoms with E-state index in [0.717, 1.165) is 58.6 Å². The molecule has 3 aromatic rings. The number of carbonyl (C=O) groups is 3. The van der Waals surface area contributed by atoms with Crippen molar-refractivity contribution in [1.82, 2.24) is 25.9 Å². The molecule has 5 N–H and O–H groups in total. The topological polar surface area (TPSA) is 231 Å². The highest BCUT2D eigenvalue weighted by atomic mass is 35.5. The number of hydrogen-bond acceptors (Lipinski definition) is 17. The SMILES string of the molecule is COc1ccc(CN(C(=O)C2=C(c3ccc(CCCOc4c(F)ccc(F)c4Cl)cc3)CC3CC(CNC(=O)OCCOCCON(O)O)CC2N3C(=O)OCCOCCON(O)O)C2CC2)cc1C. The van der Waals surface area contributed by atoms with Crippen LogP contribution >= 0.6 is 11.6 Å². The average Bonchev–Trinajstić information content (AvgIpc) is 4.18. The molecule has 0 aromatic heterocycles. The van der Waals surface area contributed by atoms with E-state index in [0.29, 0.717) is 31.4 Å². The lowest BCUT2D eigenvalue weighted by atomic mass is 9.73. The second kappa shape index (κ2) is 26.8. The van der Waals surface area contributed by atoms with Crippen LogP contribution in [0.15, 0.2) is 60.2 Å². The Hall–Kier alpha value is -5.24. The van der Waals surface area contributed by atoms with Crippen molar-refractivity contribution in [3.63, 3.8) is 0 Å². The van der Waals surface area contributed by atoms with Crippen LogP contribution in [0.4, 0.5) is 18.4 Å². The van der Waals surface area contributed by atoms with Crippen LogP contribution in [-0.2, 0) is 46.4 Å². The third-order valence-electron chi connectivity index (χ3n) is 12.0. The first-order chi connectivity index (χ1) is 33.7. The minimum atomic E-state index is -0.784. The lowest BCUT2D eigenvalue weighted by Crippen LogP contribution is -2.58. The maximum atomic E-state index is 15.5. The number of benzene rings is 3. The minimum Gasteiger partial charge on any atom is -0.496 e. The van der Waals surface area contributed by atoms with Crippen LogP contribution in [0.5, 0.6) is 11.5 Å². The van der Waals surface area contributed by atoms with Gasteiger partial charge in [0.1, 0.15) is 29.8 Å². The molecular weight excluding hydrogens is 948 g/mol. The molecule has 3 atom stereocenters. The van der Waals surface area contributed by atoms with E-state index in [-0.39, 0.29) is 102 Å². The Morgan fingerprint density at radius 1 is 0.800 bits per heavy atom. The minimum absolute atomic E-state index is 0.00907. The van der Waals surface area contributed by atoms with Gasteiger partial charge in [-0.1, -0.05) is 48.0 Å². The van der Waals surface area contributed by atoms with Crippen LogP contribution in [0.25, 0.3) is 5.57 Å². The summed E-state index contributed by atoms with van der Waals surface area (Å²) in [5.74, 6) is -1.61. The summed E-state index contributed by atoms with van der Waals surface area (Å²) in [4.78, 5) is 55.0. The molecule has 0 radical (unpaired) electrons. The lowest BCUT2D eigenvalue weighted by molar-refractivity contribution is -0.493. The molecule has 70 heavy (non-hydrogen) atoms. The van der Waals surface area contributed by atoms with Gasteiger partial charge in [-0.15, -0.1) is 0 Å². The van der Waals surface area contributed by atoms with E-state index in [9.17, 15) is 18.4 Å². The lowest BCUT2D eigenvalue weighted by Gasteiger charge is -2.50. The Kier molecular flexibility index (Phi) is 20.7. The Labute approximate surface area is 408 Å². The number of amides is 3. The summed E-state index contributed by atoms with van der Waals surface area (Å²) in [5, 5.41) is 36.3. The van der Waals surface area contributed by atoms with E-state index in [4.69, 9.17) is 60.9 Å². The molecule has 6 rings (SSSR count). The van der Waals surface area contributed by atoms with Gasteiger partial charge >= 0.3 is 12.2 Å². The van der Waals surface area contributed by atoms with Gasteiger partial charge in [-0.25, -0.2) is 28.0 Å². The van der Waals surface area contributed by atoms with E-state index in [1.165, 1.54) is 0 Å². The molecule has 23 heteroatoms. The number of hydrogen-bond donors (Lipinski definition) is 5. The highest BCUT2D eigenvalue weighted by Crippen LogP contribution is 2.46. The molecule has 1 saturated carbocycles. The molecule has 2 aliphatic heterocycles. The predicted octanol–water partition coefficient (Wildman–Crippen LogP) is 6.66. The molecule has 2 heterocycles. The normalized spacial score (nSPS) is 17.8. The second-order valence-electron chi connectivity index (χ2n) is 16.8. The van der Waals surface area contributed by atoms with Crippen LogP contribution in [0.1, 0.15) is 60.8 Å². The number of fused-ring (bicyclic) bond motifs is 2. The largest absolute Gasteiger partial charge is 0.496 e. The van der Waals surface area contributed by atoms with E-state index < -0.39 is 51.7 Å². The fraction of sp³-hybridized carbons (Fsp3) is 0.511. The van der Waals surface area contributed by atoms with Gasteiger partial charge in [-0.3, -0.25) is 30.5 Å². The summed E-state index contributed by atoms with van der Waals surface area (Å²) in [6, 6.07) is 14.1. The van der Waals surface area contributed by atoms with Crippen molar-refractivity contribution in [3.8, 4) is 11.5 Å². The van der Waals surface area contributed by atoms with Crippen molar-refractivity contribution in [1.29, 1.82) is 0 Å².